The maximum absolute atomic E-state index is 10.9. The Hall–Kier alpha value is -1.81. The summed E-state index contributed by atoms with van der Waals surface area (Å²) in [5, 5.41) is 13.3. The minimum Gasteiger partial charge on any atom is -0.475 e. The van der Waals surface area contributed by atoms with Crippen molar-refractivity contribution < 1.29 is 14.3 Å². The van der Waals surface area contributed by atoms with E-state index in [1.165, 1.54) is 19.3 Å². The number of rotatable bonds is 4. The SMILES string of the molecule is CC1CCC(NCc2ccc3oc(C(=O)O)cc3c2)C1. The lowest BCUT2D eigenvalue weighted by molar-refractivity contribution is 0.0665. The van der Waals surface area contributed by atoms with Crippen molar-refractivity contribution in [2.45, 2.75) is 38.8 Å². The Morgan fingerprint density at radius 1 is 1.40 bits per heavy atom. The number of carboxylic acid groups (broad SMARTS) is 1. The Kier molecular flexibility index (Phi) is 3.49. The third-order valence-electron chi connectivity index (χ3n) is 4.08. The Morgan fingerprint density at radius 2 is 2.25 bits per heavy atom. The molecule has 1 aromatic carbocycles. The van der Waals surface area contributed by atoms with Crippen LogP contribution >= 0.6 is 0 Å². The van der Waals surface area contributed by atoms with Crippen LogP contribution in [-0.2, 0) is 6.54 Å². The second-order valence-corrected chi connectivity index (χ2v) is 5.78. The lowest BCUT2D eigenvalue weighted by Crippen LogP contribution is -2.25. The van der Waals surface area contributed by atoms with Gasteiger partial charge in [0, 0.05) is 18.0 Å². The van der Waals surface area contributed by atoms with E-state index < -0.39 is 5.97 Å². The van der Waals surface area contributed by atoms with Crippen LogP contribution in [0.5, 0.6) is 0 Å². The van der Waals surface area contributed by atoms with Gasteiger partial charge < -0.3 is 14.8 Å². The van der Waals surface area contributed by atoms with Crippen molar-refractivity contribution >= 4 is 16.9 Å². The quantitative estimate of drug-likeness (QED) is 0.896. The molecule has 1 aromatic heterocycles. The second-order valence-electron chi connectivity index (χ2n) is 5.78. The Morgan fingerprint density at radius 3 is 2.95 bits per heavy atom. The van der Waals surface area contributed by atoms with E-state index in [1.54, 1.807) is 6.07 Å². The number of hydrogen-bond donors (Lipinski definition) is 2. The minimum absolute atomic E-state index is 0.00488. The first-order valence-corrected chi connectivity index (χ1v) is 7.11. The summed E-state index contributed by atoms with van der Waals surface area (Å²) in [6.07, 6.45) is 3.80. The molecular weight excluding hydrogens is 254 g/mol. The zero-order valence-electron chi connectivity index (χ0n) is 11.6. The number of carbonyl (C=O) groups is 1. The van der Waals surface area contributed by atoms with Crippen molar-refractivity contribution in [3.05, 3.63) is 35.6 Å². The highest BCUT2D eigenvalue weighted by atomic mass is 16.4. The highest BCUT2D eigenvalue weighted by molar-refractivity contribution is 5.91. The fourth-order valence-electron chi connectivity index (χ4n) is 2.96. The van der Waals surface area contributed by atoms with Gasteiger partial charge in [0.05, 0.1) is 0 Å². The van der Waals surface area contributed by atoms with E-state index in [0.717, 1.165) is 23.4 Å². The first-order chi connectivity index (χ1) is 9.61. The van der Waals surface area contributed by atoms with Crippen LogP contribution in [0.3, 0.4) is 0 Å². The van der Waals surface area contributed by atoms with E-state index in [-0.39, 0.29) is 5.76 Å². The number of furan rings is 1. The van der Waals surface area contributed by atoms with Gasteiger partial charge in [-0.1, -0.05) is 13.0 Å². The molecule has 0 amide bonds. The summed E-state index contributed by atoms with van der Waals surface area (Å²) >= 11 is 0. The van der Waals surface area contributed by atoms with Crippen LogP contribution in [0.25, 0.3) is 11.0 Å². The molecule has 106 valence electrons. The summed E-state index contributed by atoms with van der Waals surface area (Å²) in [7, 11) is 0. The summed E-state index contributed by atoms with van der Waals surface area (Å²) in [5.74, 6) is -0.211. The number of fused-ring (bicyclic) bond motifs is 1. The summed E-state index contributed by atoms with van der Waals surface area (Å²) in [6, 6.07) is 8.02. The van der Waals surface area contributed by atoms with Crippen LogP contribution in [0.2, 0.25) is 0 Å². The number of hydrogen-bond acceptors (Lipinski definition) is 3. The molecule has 3 rings (SSSR count). The van der Waals surface area contributed by atoms with Crippen molar-refractivity contribution in [2.75, 3.05) is 0 Å². The molecule has 0 bridgehead atoms. The molecule has 0 aliphatic heterocycles. The van der Waals surface area contributed by atoms with Gasteiger partial charge in [-0.15, -0.1) is 0 Å². The molecule has 1 saturated carbocycles. The Labute approximate surface area is 117 Å². The predicted molar refractivity (Wildman–Crippen MR) is 76.8 cm³/mol. The smallest absolute Gasteiger partial charge is 0.371 e. The van der Waals surface area contributed by atoms with Crippen LogP contribution in [0, 0.1) is 5.92 Å². The molecule has 4 heteroatoms. The van der Waals surface area contributed by atoms with Gasteiger partial charge >= 0.3 is 5.97 Å². The lowest BCUT2D eigenvalue weighted by Gasteiger charge is -2.12. The van der Waals surface area contributed by atoms with Gasteiger partial charge in [-0.25, -0.2) is 4.79 Å². The monoisotopic (exact) mass is 273 g/mol. The van der Waals surface area contributed by atoms with Crippen LogP contribution in [0.4, 0.5) is 0 Å². The largest absolute Gasteiger partial charge is 0.475 e. The average molecular weight is 273 g/mol. The van der Waals surface area contributed by atoms with Crippen molar-refractivity contribution in [2.24, 2.45) is 5.92 Å². The fraction of sp³-hybridized carbons (Fsp3) is 0.438. The molecule has 4 nitrogen and oxygen atoms in total. The lowest BCUT2D eigenvalue weighted by atomic mass is 10.1. The van der Waals surface area contributed by atoms with Gasteiger partial charge in [-0.3, -0.25) is 0 Å². The Balaban J connectivity index is 1.70. The molecule has 1 heterocycles. The van der Waals surface area contributed by atoms with E-state index in [4.69, 9.17) is 9.52 Å². The van der Waals surface area contributed by atoms with Crippen LogP contribution in [-0.4, -0.2) is 17.1 Å². The summed E-state index contributed by atoms with van der Waals surface area (Å²) in [5.41, 5.74) is 1.79. The van der Waals surface area contributed by atoms with Gasteiger partial charge in [0.1, 0.15) is 5.58 Å². The van der Waals surface area contributed by atoms with Gasteiger partial charge in [0.2, 0.25) is 5.76 Å². The van der Waals surface area contributed by atoms with Crippen LogP contribution < -0.4 is 5.32 Å². The van der Waals surface area contributed by atoms with Gasteiger partial charge in [-0.2, -0.15) is 0 Å². The maximum atomic E-state index is 10.9. The number of carboxylic acids is 1. The minimum atomic E-state index is -1.03. The normalized spacial score (nSPS) is 22.4. The molecule has 2 N–H and O–H groups in total. The molecule has 2 unspecified atom stereocenters. The summed E-state index contributed by atoms with van der Waals surface area (Å²) in [6.45, 7) is 3.12. The molecule has 0 spiro atoms. The first kappa shape index (κ1) is 13.2. The van der Waals surface area contributed by atoms with E-state index in [2.05, 4.69) is 12.2 Å². The molecule has 1 aliphatic rings. The van der Waals surface area contributed by atoms with E-state index >= 15 is 0 Å². The third-order valence-corrected chi connectivity index (χ3v) is 4.08. The number of nitrogens with one attached hydrogen (secondary N) is 1. The first-order valence-electron chi connectivity index (χ1n) is 7.11. The van der Waals surface area contributed by atoms with Crippen molar-refractivity contribution in [3.8, 4) is 0 Å². The van der Waals surface area contributed by atoms with Crippen LogP contribution in [0.1, 0.15) is 42.3 Å². The molecule has 2 aromatic rings. The van der Waals surface area contributed by atoms with Crippen molar-refractivity contribution in [1.29, 1.82) is 0 Å². The second kappa shape index (κ2) is 5.29. The van der Waals surface area contributed by atoms with E-state index in [1.807, 2.05) is 18.2 Å². The number of aromatic carboxylic acids is 1. The third kappa shape index (κ3) is 2.70. The molecular formula is C16H19NO3. The molecule has 20 heavy (non-hydrogen) atoms. The zero-order valence-corrected chi connectivity index (χ0v) is 11.6. The van der Waals surface area contributed by atoms with Crippen molar-refractivity contribution in [3.63, 3.8) is 0 Å². The zero-order chi connectivity index (χ0) is 14.1. The maximum Gasteiger partial charge on any atom is 0.371 e. The standard InChI is InChI=1S/C16H19NO3/c1-10-2-4-13(6-10)17-9-11-3-5-14-12(7-11)8-15(20-14)16(18)19/h3,5,7-8,10,13,17H,2,4,6,9H2,1H3,(H,18,19). The van der Waals surface area contributed by atoms with Crippen molar-refractivity contribution in [1.82, 2.24) is 5.32 Å². The highest BCUT2D eigenvalue weighted by Gasteiger charge is 2.20. The molecule has 0 radical (unpaired) electrons. The van der Waals surface area contributed by atoms with Gasteiger partial charge in [-0.05, 0) is 48.9 Å². The average Bonchev–Trinajstić information content (AvgIpc) is 3.01. The van der Waals surface area contributed by atoms with E-state index in [9.17, 15) is 4.79 Å². The molecule has 0 saturated heterocycles. The van der Waals surface area contributed by atoms with E-state index in [0.29, 0.717) is 11.6 Å². The highest BCUT2D eigenvalue weighted by Crippen LogP contribution is 2.25. The number of benzene rings is 1. The predicted octanol–water partition coefficient (Wildman–Crippen LogP) is 3.41. The topological polar surface area (TPSA) is 62.5 Å². The van der Waals surface area contributed by atoms with Gasteiger partial charge in [0.25, 0.3) is 0 Å². The molecule has 2 atom stereocenters. The molecule has 1 aliphatic carbocycles. The Bertz CT molecular complexity index is 632. The molecule has 1 fully saturated rings. The summed E-state index contributed by atoms with van der Waals surface area (Å²) < 4.78 is 5.26. The van der Waals surface area contributed by atoms with Gasteiger partial charge in [0.15, 0.2) is 0 Å². The summed E-state index contributed by atoms with van der Waals surface area (Å²) in [4.78, 5) is 10.9. The fourth-order valence-corrected chi connectivity index (χ4v) is 2.96. The van der Waals surface area contributed by atoms with Crippen LogP contribution in [0.15, 0.2) is 28.7 Å².